The predicted octanol–water partition coefficient (Wildman–Crippen LogP) is 6.16. The van der Waals surface area contributed by atoms with Crippen molar-refractivity contribution >= 4 is 23.4 Å². The van der Waals surface area contributed by atoms with Crippen molar-refractivity contribution in [2.24, 2.45) is 0 Å². The highest BCUT2D eigenvalue weighted by molar-refractivity contribution is 7.98. The lowest BCUT2D eigenvalue weighted by atomic mass is 10.1. The molecule has 0 saturated heterocycles. The average molecular weight is 414 g/mol. The summed E-state index contributed by atoms with van der Waals surface area (Å²) < 4.78 is 29.2. The lowest BCUT2D eigenvalue weighted by Gasteiger charge is -2.09. The summed E-state index contributed by atoms with van der Waals surface area (Å²) in [5.74, 6) is -0.834. The largest absolute Gasteiger partial charge is 0.213 e. The zero-order chi connectivity index (χ0) is 19.5. The number of nitrogens with zero attached hydrogens (tertiary/aromatic N) is 3. The maximum absolute atomic E-state index is 14.4. The van der Waals surface area contributed by atoms with Crippen molar-refractivity contribution in [3.63, 3.8) is 0 Å². The van der Waals surface area contributed by atoms with Crippen LogP contribution in [0.1, 0.15) is 5.69 Å². The predicted molar refractivity (Wildman–Crippen MR) is 108 cm³/mol. The van der Waals surface area contributed by atoms with Gasteiger partial charge in [0.2, 0.25) is 0 Å². The minimum absolute atomic E-state index is 0.155. The fraction of sp³-hybridized carbons (Fsp3) is 0.0476. The Balaban J connectivity index is 1.76. The zero-order valence-electron chi connectivity index (χ0n) is 14.5. The van der Waals surface area contributed by atoms with Crippen molar-refractivity contribution in [2.75, 3.05) is 0 Å². The van der Waals surface area contributed by atoms with Crippen molar-refractivity contribution < 1.29 is 8.78 Å². The van der Waals surface area contributed by atoms with E-state index in [-0.39, 0.29) is 5.69 Å². The number of aromatic nitrogens is 3. The molecule has 0 aliphatic carbocycles. The standard InChI is InChI=1S/C21H14ClF2N3S/c22-15-6-9-17(10-7-15)28-13-20-21(14-4-2-1-3-5-14)25-26-27(20)19-11-8-16(23)12-18(19)24/h1-12H,13H2. The van der Waals surface area contributed by atoms with Gasteiger partial charge in [0.05, 0.1) is 5.69 Å². The Hall–Kier alpha value is -2.70. The lowest BCUT2D eigenvalue weighted by molar-refractivity contribution is 0.570. The van der Waals surface area contributed by atoms with E-state index in [2.05, 4.69) is 10.3 Å². The summed E-state index contributed by atoms with van der Waals surface area (Å²) in [5, 5.41) is 9.08. The summed E-state index contributed by atoms with van der Waals surface area (Å²) in [6.45, 7) is 0. The van der Waals surface area contributed by atoms with Crippen LogP contribution in [0.2, 0.25) is 5.02 Å². The van der Waals surface area contributed by atoms with E-state index in [1.165, 1.54) is 16.8 Å². The molecule has 0 atom stereocenters. The number of benzene rings is 3. The molecule has 7 heteroatoms. The van der Waals surface area contributed by atoms with Crippen LogP contribution in [0.5, 0.6) is 0 Å². The van der Waals surface area contributed by atoms with Crippen LogP contribution in [0.3, 0.4) is 0 Å². The fourth-order valence-electron chi connectivity index (χ4n) is 2.78. The Labute approximate surface area is 170 Å². The summed E-state index contributed by atoms with van der Waals surface area (Å²) in [5.41, 5.74) is 2.41. The average Bonchev–Trinajstić information content (AvgIpc) is 3.12. The molecule has 4 rings (SSSR count). The van der Waals surface area contributed by atoms with Gasteiger partial charge in [-0.05, 0) is 36.4 Å². The molecular weight excluding hydrogens is 400 g/mol. The first-order valence-electron chi connectivity index (χ1n) is 8.45. The molecule has 0 bridgehead atoms. The maximum atomic E-state index is 14.4. The van der Waals surface area contributed by atoms with Gasteiger partial charge >= 0.3 is 0 Å². The first kappa shape index (κ1) is 18.7. The van der Waals surface area contributed by atoms with Crippen LogP contribution in [0.4, 0.5) is 8.78 Å². The van der Waals surface area contributed by atoms with Gasteiger partial charge in [0.15, 0.2) is 5.82 Å². The number of rotatable bonds is 5. The third-order valence-electron chi connectivity index (χ3n) is 4.14. The van der Waals surface area contributed by atoms with Crippen LogP contribution in [0.15, 0.2) is 77.7 Å². The summed E-state index contributed by atoms with van der Waals surface area (Å²) >= 11 is 7.50. The molecule has 0 fully saturated rings. The second-order valence-electron chi connectivity index (χ2n) is 6.00. The molecule has 0 aliphatic rings. The SMILES string of the molecule is Fc1ccc(-n2nnc(-c3ccccc3)c2CSc2ccc(Cl)cc2)c(F)c1. The fourth-order valence-corrected chi connectivity index (χ4v) is 3.80. The highest BCUT2D eigenvalue weighted by atomic mass is 35.5. The summed E-state index contributed by atoms with van der Waals surface area (Å²) in [6, 6.07) is 20.5. The van der Waals surface area contributed by atoms with Gasteiger partial charge in [0, 0.05) is 27.3 Å². The van der Waals surface area contributed by atoms with Crippen LogP contribution in [-0.2, 0) is 5.75 Å². The molecule has 0 aliphatic heterocycles. The normalized spacial score (nSPS) is 11.0. The molecule has 0 unspecified atom stereocenters. The van der Waals surface area contributed by atoms with E-state index < -0.39 is 11.6 Å². The second-order valence-corrected chi connectivity index (χ2v) is 7.49. The van der Waals surface area contributed by atoms with Gasteiger partial charge in [-0.1, -0.05) is 47.1 Å². The van der Waals surface area contributed by atoms with Crippen LogP contribution >= 0.6 is 23.4 Å². The van der Waals surface area contributed by atoms with Gasteiger partial charge in [0.25, 0.3) is 0 Å². The molecule has 0 radical (unpaired) electrons. The molecule has 1 aromatic heterocycles. The molecular formula is C21H14ClF2N3S. The summed E-state index contributed by atoms with van der Waals surface area (Å²) in [7, 11) is 0. The first-order valence-corrected chi connectivity index (χ1v) is 9.82. The number of hydrogen-bond donors (Lipinski definition) is 0. The van der Waals surface area contributed by atoms with E-state index in [9.17, 15) is 8.78 Å². The zero-order valence-corrected chi connectivity index (χ0v) is 16.1. The molecule has 28 heavy (non-hydrogen) atoms. The van der Waals surface area contributed by atoms with E-state index in [1.807, 2.05) is 54.6 Å². The molecule has 3 nitrogen and oxygen atoms in total. The maximum Gasteiger partial charge on any atom is 0.151 e. The molecule has 0 N–H and O–H groups in total. The van der Waals surface area contributed by atoms with E-state index in [4.69, 9.17) is 11.6 Å². The van der Waals surface area contributed by atoms with E-state index in [0.29, 0.717) is 16.5 Å². The van der Waals surface area contributed by atoms with Gasteiger partial charge in [-0.2, -0.15) is 0 Å². The monoisotopic (exact) mass is 413 g/mol. The minimum atomic E-state index is -0.692. The number of thioether (sulfide) groups is 1. The highest BCUT2D eigenvalue weighted by Gasteiger charge is 2.18. The summed E-state index contributed by atoms with van der Waals surface area (Å²) in [6.07, 6.45) is 0. The van der Waals surface area contributed by atoms with Crippen LogP contribution < -0.4 is 0 Å². The number of hydrogen-bond acceptors (Lipinski definition) is 3. The Morgan fingerprint density at radius 3 is 2.39 bits per heavy atom. The highest BCUT2D eigenvalue weighted by Crippen LogP contribution is 2.31. The molecule has 0 amide bonds. The Morgan fingerprint density at radius 1 is 0.929 bits per heavy atom. The molecule has 0 spiro atoms. The minimum Gasteiger partial charge on any atom is -0.213 e. The van der Waals surface area contributed by atoms with Crippen molar-refractivity contribution in [2.45, 2.75) is 10.6 Å². The second kappa shape index (κ2) is 8.12. The molecule has 1 heterocycles. The molecule has 140 valence electrons. The van der Waals surface area contributed by atoms with Gasteiger partial charge in [0.1, 0.15) is 17.2 Å². The Bertz CT molecular complexity index is 1100. The quantitative estimate of drug-likeness (QED) is 0.367. The summed E-state index contributed by atoms with van der Waals surface area (Å²) in [4.78, 5) is 1.01. The van der Waals surface area contributed by atoms with E-state index in [1.54, 1.807) is 11.8 Å². The molecule has 0 saturated carbocycles. The van der Waals surface area contributed by atoms with Crippen molar-refractivity contribution in [1.82, 2.24) is 15.0 Å². The molecule has 3 aromatic carbocycles. The smallest absolute Gasteiger partial charge is 0.151 e. The van der Waals surface area contributed by atoms with Gasteiger partial charge in [-0.25, -0.2) is 13.5 Å². The van der Waals surface area contributed by atoms with Crippen LogP contribution in [0, 0.1) is 11.6 Å². The van der Waals surface area contributed by atoms with Crippen LogP contribution in [-0.4, -0.2) is 15.0 Å². The first-order chi connectivity index (χ1) is 13.6. The van der Waals surface area contributed by atoms with Crippen molar-refractivity contribution in [3.8, 4) is 16.9 Å². The van der Waals surface area contributed by atoms with Crippen molar-refractivity contribution in [3.05, 3.63) is 95.1 Å². The third kappa shape index (κ3) is 3.93. The molecule has 4 aromatic rings. The van der Waals surface area contributed by atoms with Gasteiger partial charge in [-0.3, -0.25) is 0 Å². The van der Waals surface area contributed by atoms with Gasteiger partial charge in [-0.15, -0.1) is 16.9 Å². The third-order valence-corrected chi connectivity index (χ3v) is 5.41. The van der Waals surface area contributed by atoms with Crippen molar-refractivity contribution in [1.29, 1.82) is 0 Å². The lowest BCUT2D eigenvalue weighted by Crippen LogP contribution is -2.05. The van der Waals surface area contributed by atoms with Crippen LogP contribution in [0.25, 0.3) is 16.9 Å². The Kier molecular flexibility index (Phi) is 5.41. The number of halogens is 3. The van der Waals surface area contributed by atoms with E-state index >= 15 is 0 Å². The van der Waals surface area contributed by atoms with Gasteiger partial charge < -0.3 is 0 Å². The topological polar surface area (TPSA) is 30.7 Å². The van der Waals surface area contributed by atoms with E-state index in [0.717, 1.165) is 22.2 Å². The Morgan fingerprint density at radius 2 is 1.68 bits per heavy atom.